The van der Waals surface area contributed by atoms with E-state index in [0.29, 0.717) is 13.0 Å². The SMILES string of the molecule is CCOC(=O)C1(C#N)Cc2ccc3cccc(N(C)C)c3c2N(C)C1. The molecule has 0 saturated carbocycles. The molecular weight excluding hydrogens is 314 g/mol. The van der Waals surface area contributed by atoms with E-state index in [9.17, 15) is 10.1 Å². The lowest BCUT2D eigenvalue weighted by molar-refractivity contribution is -0.151. The third-order valence-electron chi connectivity index (χ3n) is 4.82. The van der Waals surface area contributed by atoms with E-state index >= 15 is 0 Å². The zero-order chi connectivity index (χ0) is 18.2. The van der Waals surface area contributed by atoms with Gasteiger partial charge in [0.15, 0.2) is 5.41 Å². The highest BCUT2D eigenvalue weighted by Crippen LogP contribution is 2.43. The maximum Gasteiger partial charge on any atom is 0.328 e. The molecule has 1 heterocycles. The van der Waals surface area contributed by atoms with Gasteiger partial charge >= 0.3 is 5.97 Å². The van der Waals surface area contributed by atoms with Crippen LogP contribution in [0.3, 0.4) is 0 Å². The van der Waals surface area contributed by atoms with Crippen LogP contribution in [0.5, 0.6) is 0 Å². The number of carbonyl (C=O) groups is 1. The summed E-state index contributed by atoms with van der Waals surface area (Å²) in [5, 5.41) is 12.1. The molecule has 0 amide bonds. The predicted octanol–water partition coefficient (Wildman–Crippen LogP) is 2.97. The fourth-order valence-electron chi connectivity index (χ4n) is 3.73. The minimum absolute atomic E-state index is 0.279. The summed E-state index contributed by atoms with van der Waals surface area (Å²) in [5.41, 5.74) is 2.07. The van der Waals surface area contributed by atoms with Crippen LogP contribution in [0.2, 0.25) is 0 Å². The summed E-state index contributed by atoms with van der Waals surface area (Å²) < 4.78 is 5.19. The average Bonchev–Trinajstić information content (AvgIpc) is 2.60. The molecular formula is C20H23N3O2. The second kappa shape index (κ2) is 6.29. The lowest BCUT2D eigenvalue weighted by Crippen LogP contribution is -2.47. The Hall–Kier alpha value is -2.74. The summed E-state index contributed by atoms with van der Waals surface area (Å²) in [5.74, 6) is -0.434. The van der Waals surface area contributed by atoms with Gasteiger partial charge in [0.05, 0.1) is 12.7 Å². The molecule has 0 spiro atoms. The smallest absolute Gasteiger partial charge is 0.328 e. The lowest BCUT2D eigenvalue weighted by atomic mass is 9.78. The Balaban J connectivity index is 2.20. The summed E-state index contributed by atoms with van der Waals surface area (Å²) >= 11 is 0. The number of benzene rings is 2. The van der Waals surface area contributed by atoms with E-state index in [2.05, 4.69) is 29.2 Å². The van der Waals surface area contributed by atoms with E-state index in [-0.39, 0.29) is 6.61 Å². The van der Waals surface area contributed by atoms with Gasteiger partial charge in [-0.05, 0) is 23.9 Å². The Morgan fingerprint density at radius 3 is 2.76 bits per heavy atom. The van der Waals surface area contributed by atoms with E-state index < -0.39 is 11.4 Å². The molecule has 5 nitrogen and oxygen atoms in total. The Morgan fingerprint density at radius 1 is 1.36 bits per heavy atom. The Labute approximate surface area is 148 Å². The van der Waals surface area contributed by atoms with Gasteiger partial charge in [-0.1, -0.05) is 24.3 Å². The average molecular weight is 337 g/mol. The first-order valence-corrected chi connectivity index (χ1v) is 8.45. The molecule has 5 heteroatoms. The highest BCUT2D eigenvalue weighted by Gasteiger charge is 2.45. The monoisotopic (exact) mass is 337 g/mol. The third-order valence-corrected chi connectivity index (χ3v) is 4.82. The van der Waals surface area contributed by atoms with Gasteiger partial charge in [-0.25, -0.2) is 0 Å². The number of hydrogen-bond acceptors (Lipinski definition) is 5. The van der Waals surface area contributed by atoms with Gasteiger partial charge < -0.3 is 14.5 Å². The summed E-state index contributed by atoms with van der Waals surface area (Å²) in [7, 11) is 5.99. The number of esters is 1. The number of nitriles is 1. The molecule has 1 aliphatic heterocycles. The van der Waals surface area contributed by atoms with Crippen molar-refractivity contribution in [3.63, 3.8) is 0 Å². The number of hydrogen-bond donors (Lipinski definition) is 0. The first kappa shape index (κ1) is 17.1. The quantitative estimate of drug-likeness (QED) is 0.806. The summed E-state index contributed by atoms with van der Waals surface area (Å²) in [4.78, 5) is 16.6. The second-order valence-electron chi connectivity index (χ2n) is 6.79. The zero-order valence-corrected chi connectivity index (χ0v) is 15.2. The molecule has 2 aromatic rings. The maximum atomic E-state index is 12.5. The van der Waals surface area contributed by atoms with Gasteiger partial charge in [0.25, 0.3) is 0 Å². The molecule has 0 radical (unpaired) electrons. The standard InChI is InChI=1S/C20H23N3O2/c1-5-25-19(24)20(12-21)11-15-10-9-14-7-6-8-16(22(2)3)17(14)18(15)23(4)13-20/h6-10H,5,11,13H2,1-4H3. The lowest BCUT2D eigenvalue weighted by Gasteiger charge is -2.38. The van der Waals surface area contributed by atoms with E-state index in [1.807, 2.05) is 38.2 Å². The van der Waals surface area contributed by atoms with Crippen molar-refractivity contribution in [3.8, 4) is 6.07 Å². The normalized spacial score (nSPS) is 19.2. The van der Waals surface area contributed by atoms with Gasteiger partial charge in [-0.3, -0.25) is 4.79 Å². The number of carbonyl (C=O) groups excluding carboxylic acids is 1. The van der Waals surface area contributed by atoms with Gasteiger partial charge in [-0.2, -0.15) is 5.26 Å². The number of fused-ring (bicyclic) bond motifs is 3. The predicted molar refractivity (Wildman–Crippen MR) is 99.9 cm³/mol. The van der Waals surface area contributed by atoms with Gasteiger partial charge in [0, 0.05) is 50.9 Å². The Bertz CT molecular complexity index is 869. The molecule has 130 valence electrons. The Morgan fingerprint density at radius 2 is 2.12 bits per heavy atom. The molecule has 1 atom stereocenters. The first-order chi connectivity index (χ1) is 11.9. The number of nitrogens with zero attached hydrogens (tertiary/aromatic N) is 3. The van der Waals surface area contributed by atoms with E-state index in [0.717, 1.165) is 27.7 Å². The van der Waals surface area contributed by atoms with Gasteiger partial charge in [0.1, 0.15) is 0 Å². The van der Waals surface area contributed by atoms with Crippen LogP contribution in [-0.2, 0) is 16.0 Å². The third kappa shape index (κ3) is 2.68. The van der Waals surface area contributed by atoms with Crippen LogP contribution in [0.15, 0.2) is 30.3 Å². The first-order valence-electron chi connectivity index (χ1n) is 8.45. The molecule has 3 rings (SSSR count). The molecule has 0 saturated heterocycles. The maximum absolute atomic E-state index is 12.5. The van der Waals surface area contributed by atoms with Crippen molar-refractivity contribution in [3.05, 3.63) is 35.9 Å². The molecule has 0 bridgehead atoms. The van der Waals surface area contributed by atoms with Gasteiger partial charge in [0.2, 0.25) is 0 Å². The molecule has 1 unspecified atom stereocenters. The molecule has 1 aliphatic rings. The summed E-state index contributed by atoms with van der Waals surface area (Å²) in [6.45, 7) is 2.37. The van der Waals surface area contributed by atoms with Crippen LogP contribution in [0.25, 0.3) is 10.8 Å². The molecule has 2 aromatic carbocycles. The minimum atomic E-state index is -1.15. The van der Waals surface area contributed by atoms with Crippen LogP contribution < -0.4 is 9.80 Å². The molecule has 25 heavy (non-hydrogen) atoms. The van der Waals surface area contributed by atoms with Crippen molar-refractivity contribution < 1.29 is 9.53 Å². The largest absolute Gasteiger partial charge is 0.465 e. The van der Waals surface area contributed by atoms with Crippen LogP contribution in [-0.4, -0.2) is 40.3 Å². The van der Waals surface area contributed by atoms with Crippen molar-refractivity contribution in [2.45, 2.75) is 13.3 Å². The fourth-order valence-corrected chi connectivity index (χ4v) is 3.73. The van der Waals surface area contributed by atoms with Crippen molar-refractivity contribution in [1.29, 1.82) is 5.26 Å². The van der Waals surface area contributed by atoms with Crippen molar-refractivity contribution in [2.75, 3.05) is 44.1 Å². The fraction of sp³-hybridized carbons (Fsp3) is 0.400. The second-order valence-corrected chi connectivity index (χ2v) is 6.79. The molecule has 0 aromatic heterocycles. The zero-order valence-electron chi connectivity index (χ0n) is 15.2. The minimum Gasteiger partial charge on any atom is -0.465 e. The molecule has 0 fully saturated rings. The van der Waals surface area contributed by atoms with Crippen LogP contribution in [0.4, 0.5) is 11.4 Å². The van der Waals surface area contributed by atoms with Crippen LogP contribution in [0, 0.1) is 16.7 Å². The van der Waals surface area contributed by atoms with Crippen molar-refractivity contribution in [1.82, 2.24) is 0 Å². The highest BCUT2D eigenvalue weighted by molar-refractivity contribution is 6.05. The molecule has 0 N–H and O–H groups in total. The number of anilines is 2. The van der Waals surface area contributed by atoms with Crippen LogP contribution in [0.1, 0.15) is 12.5 Å². The highest BCUT2D eigenvalue weighted by atomic mass is 16.5. The summed E-state index contributed by atoms with van der Waals surface area (Å²) in [6.07, 6.45) is 0.375. The van der Waals surface area contributed by atoms with E-state index in [1.54, 1.807) is 6.92 Å². The van der Waals surface area contributed by atoms with E-state index in [1.165, 1.54) is 0 Å². The van der Waals surface area contributed by atoms with Crippen molar-refractivity contribution in [2.24, 2.45) is 5.41 Å². The summed E-state index contributed by atoms with van der Waals surface area (Å²) in [6, 6.07) is 12.6. The van der Waals surface area contributed by atoms with Crippen molar-refractivity contribution >= 4 is 28.1 Å². The van der Waals surface area contributed by atoms with Gasteiger partial charge in [-0.15, -0.1) is 0 Å². The topological polar surface area (TPSA) is 56.6 Å². The number of ether oxygens (including phenoxy) is 1. The number of rotatable bonds is 3. The Kier molecular flexibility index (Phi) is 4.30. The molecule has 0 aliphatic carbocycles. The van der Waals surface area contributed by atoms with Crippen LogP contribution >= 0.6 is 0 Å². The van der Waals surface area contributed by atoms with E-state index in [4.69, 9.17) is 4.74 Å².